The highest BCUT2D eigenvalue weighted by Gasteiger charge is 2.30. The first kappa shape index (κ1) is 91.1. The molecule has 0 amide bonds. The molecular formula is C74H144O17P2. The number of carbonyl (C=O) groups is 4. The van der Waals surface area contributed by atoms with Gasteiger partial charge in [-0.2, -0.15) is 0 Å². The van der Waals surface area contributed by atoms with Gasteiger partial charge in [0.1, 0.15) is 19.3 Å². The van der Waals surface area contributed by atoms with Gasteiger partial charge in [-0.15, -0.1) is 0 Å². The van der Waals surface area contributed by atoms with Gasteiger partial charge in [0.15, 0.2) is 12.2 Å². The minimum Gasteiger partial charge on any atom is -0.462 e. The molecule has 0 saturated carbocycles. The fourth-order valence-electron chi connectivity index (χ4n) is 11.4. The van der Waals surface area contributed by atoms with Crippen molar-refractivity contribution in [2.75, 3.05) is 39.6 Å². The van der Waals surface area contributed by atoms with Gasteiger partial charge in [-0.1, -0.05) is 342 Å². The highest BCUT2D eigenvalue weighted by atomic mass is 31.2. The predicted molar refractivity (Wildman–Crippen MR) is 377 cm³/mol. The van der Waals surface area contributed by atoms with E-state index in [4.69, 9.17) is 37.0 Å². The number of phosphoric acid groups is 2. The zero-order valence-corrected chi connectivity index (χ0v) is 62.0. The van der Waals surface area contributed by atoms with Crippen LogP contribution in [-0.2, 0) is 65.4 Å². The fourth-order valence-corrected chi connectivity index (χ4v) is 13.0. The number of carbonyl (C=O) groups excluding carboxylic acids is 4. The van der Waals surface area contributed by atoms with E-state index in [-0.39, 0.29) is 25.7 Å². The molecule has 0 aromatic carbocycles. The van der Waals surface area contributed by atoms with Crippen molar-refractivity contribution in [1.82, 2.24) is 0 Å². The summed E-state index contributed by atoms with van der Waals surface area (Å²) in [7, 11) is -9.90. The van der Waals surface area contributed by atoms with Crippen molar-refractivity contribution in [2.24, 2.45) is 0 Å². The predicted octanol–water partition coefficient (Wildman–Crippen LogP) is 21.8. The second kappa shape index (κ2) is 68.6. The Morgan fingerprint density at radius 1 is 0.258 bits per heavy atom. The summed E-state index contributed by atoms with van der Waals surface area (Å²) in [4.78, 5) is 72.7. The van der Waals surface area contributed by atoms with Crippen LogP contribution >= 0.6 is 15.6 Å². The lowest BCUT2D eigenvalue weighted by molar-refractivity contribution is -0.161. The Labute approximate surface area is 568 Å². The average molecular weight is 1370 g/mol. The first-order chi connectivity index (χ1) is 45.2. The minimum atomic E-state index is -4.95. The molecule has 0 aliphatic rings. The zero-order chi connectivity index (χ0) is 68.2. The molecular weight excluding hydrogens is 1220 g/mol. The Hall–Kier alpha value is -1.94. The quantitative estimate of drug-likeness (QED) is 0.0222. The van der Waals surface area contributed by atoms with Crippen LogP contribution < -0.4 is 0 Å². The van der Waals surface area contributed by atoms with E-state index in [0.29, 0.717) is 25.7 Å². The van der Waals surface area contributed by atoms with E-state index in [0.717, 1.165) is 89.9 Å². The van der Waals surface area contributed by atoms with Crippen molar-refractivity contribution in [3.05, 3.63) is 0 Å². The van der Waals surface area contributed by atoms with Gasteiger partial charge < -0.3 is 33.8 Å². The van der Waals surface area contributed by atoms with Crippen LogP contribution in [0.15, 0.2) is 0 Å². The number of unbranched alkanes of at least 4 members (excludes halogenated alkanes) is 49. The van der Waals surface area contributed by atoms with Crippen molar-refractivity contribution in [3.8, 4) is 0 Å². The molecule has 19 heteroatoms. The number of ether oxygens (including phenoxy) is 4. The van der Waals surface area contributed by atoms with Crippen molar-refractivity contribution >= 4 is 39.5 Å². The monoisotopic (exact) mass is 1370 g/mol. The normalized spacial score (nSPS) is 13.9. The van der Waals surface area contributed by atoms with E-state index < -0.39 is 97.5 Å². The largest absolute Gasteiger partial charge is 0.472 e. The van der Waals surface area contributed by atoms with Gasteiger partial charge in [0.25, 0.3) is 0 Å². The zero-order valence-electron chi connectivity index (χ0n) is 60.2. The van der Waals surface area contributed by atoms with E-state index >= 15 is 0 Å². The van der Waals surface area contributed by atoms with Gasteiger partial charge in [0, 0.05) is 25.7 Å². The summed E-state index contributed by atoms with van der Waals surface area (Å²) in [6.07, 6.45) is 58.1. The highest BCUT2D eigenvalue weighted by molar-refractivity contribution is 7.47. The average Bonchev–Trinajstić information content (AvgIpc) is 3.65. The molecule has 93 heavy (non-hydrogen) atoms. The lowest BCUT2D eigenvalue weighted by Gasteiger charge is -2.21. The van der Waals surface area contributed by atoms with Crippen LogP contribution in [0.3, 0.4) is 0 Å². The minimum absolute atomic E-state index is 0.108. The molecule has 5 atom stereocenters. The van der Waals surface area contributed by atoms with Gasteiger partial charge in [-0.25, -0.2) is 9.13 Å². The van der Waals surface area contributed by atoms with Crippen molar-refractivity contribution in [1.29, 1.82) is 0 Å². The van der Waals surface area contributed by atoms with E-state index in [1.807, 2.05) is 0 Å². The SMILES string of the molecule is CCCCCCCCCCCCCCCCCCCC(=O)O[C@H](COC(=O)CCCCCCCCCCCCCCCC)COP(=O)(O)OC[C@@H](O)COP(=O)(O)OC[C@@H](COC(=O)CCCCCCCCCCC)OC(=O)CCCCCCCCCCCCCCC. The lowest BCUT2D eigenvalue weighted by Crippen LogP contribution is -2.30. The van der Waals surface area contributed by atoms with Gasteiger partial charge in [0.05, 0.1) is 26.4 Å². The number of phosphoric ester groups is 2. The Bertz CT molecular complexity index is 1770. The molecule has 0 bridgehead atoms. The first-order valence-corrected chi connectivity index (χ1v) is 41.8. The Morgan fingerprint density at radius 2 is 0.430 bits per heavy atom. The summed E-state index contributed by atoms with van der Waals surface area (Å²) in [5.74, 6) is -2.11. The number of hydrogen-bond donors (Lipinski definition) is 3. The molecule has 0 heterocycles. The molecule has 0 radical (unpaired) electrons. The second-order valence-corrected chi connectivity index (χ2v) is 29.6. The van der Waals surface area contributed by atoms with Crippen molar-refractivity contribution in [2.45, 2.75) is 412 Å². The number of hydrogen-bond acceptors (Lipinski definition) is 15. The second-order valence-electron chi connectivity index (χ2n) is 26.7. The molecule has 0 spiro atoms. The maximum absolute atomic E-state index is 13.1. The summed E-state index contributed by atoms with van der Waals surface area (Å²) >= 11 is 0. The highest BCUT2D eigenvalue weighted by Crippen LogP contribution is 2.45. The Kier molecular flexibility index (Phi) is 67.1. The summed E-state index contributed by atoms with van der Waals surface area (Å²) in [6.45, 7) is 4.97. The molecule has 0 aliphatic carbocycles. The fraction of sp³-hybridized carbons (Fsp3) is 0.946. The topological polar surface area (TPSA) is 237 Å². The van der Waals surface area contributed by atoms with E-state index in [1.165, 1.54) is 225 Å². The smallest absolute Gasteiger partial charge is 0.462 e. The summed E-state index contributed by atoms with van der Waals surface area (Å²) in [5, 5.41) is 10.6. The van der Waals surface area contributed by atoms with E-state index in [1.54, 1.807) is 0 Å². The van der Waals surface area contributed by atoms with Crippen LogP contribution in [0.2, 0.25) is 0 Å². The van der Waals surface area contributed by atoms with Gasteiger partial charge in [0.2, 0.25) is 0 Å². The molecule has 0 rings (SSSR count). The molecule has 0 aromatic heterocycles. The Morgan fingerprint density at radius 3 is 0.634 bits per heavy atom. The van der Waals surface area contributed by atoms with Gasteiger partial charge in [-0.3, -0.25) is 37.3 Å². The molecule has 0 aliphatic heterocycles. The van der Waals surface area contributed by atoms with Crippen molar-refractivity contribution in [3.63, 3.8) is 0 Å². The number of aliphatic hydroxyl groups is 1. The van der Waals surface area contributed by atoms with E-state index in [2.05, 4.69) is 27.7 Å². The third-order valence-corrected chi connectivity index (χ3v) is 19.3. The molecule has 0 fully saturated rings. The maximum atomic E-state index is 13.1. The third kappa shape index (κ3) is 68.4. The Balaban J connectivity index is 5.23. The molecule has 0 aromatic rings. The summed E-state index contributed by atoms with van der Waals surface area (Å²) < 4.78 is 68.4. The number of rotatable bonds is 75. The van der Waals surface area contributed by atoms with Crippen LogP contribution in [0.5, 0.6) is 0 Å². The summed E-state index contributed by atoms with van der Waals surface area (Å²) in [6, 6.07) is 0. The molecule has 552 valence electrons. The standard InChI is InChI=1S/C74H144O17P2/c1-5-9-13-17-21-25-28-31-33-34-35-38-41-45-49-53-57-61-74(79)91-70(65-85-72(77)59-55-51-47-43-39-37-32-29-26-22-18-14-10-6-2)67-89-93(82,83)87-63-68(75)62-86-92(80,81)88-66-69(64-84-71(76)58-54-50-46-42-24-20-16-12-8-4)90-73(78)60-56-52-48-44-40-36-30-27-23-19-15-11-7-3/h68-70,75H,5-67H2,1-4H3,(H,80,81)(H,82,83)/t68-,69+,70+/m0/s1. The van der Waals surface area contributed by atoms with Crippen molar-refractivity contribution < 1.29 is 80.2 Å². The van der Waals surface area contributed by atoms with Gasteiger partial charge in [-0.05, 0) is 25.7 Å². The molecule has 17 nitrogen and oxygen atoms in total. The lowest BCUT2D eigenvalue weighted by atomic mass is 10.0. The van der Waals surface area contributed by atoms with Gasteiger partial charge >= 0.3 is 39.5 Å². The molecule has 3 N–H and O–H groups in total. The van der Waals surface area contributed by atoms with E-state index in [9.17, 15) is 43.2 Å². The van der Waals surface area contributed by atoms with Crippen LogP contribution in [0, 0.1) is 0 Å². The first-order valence-electron chi connectivity index (χ1n) is 38.8. The van der Waals surface area contributed by atoms with Crippen LogP contribution in [-0.4, -0.2) is 96.7 Å². The number of esters is 4. The third-order valence-electron chi connectivity index (χ3n) is 17.4. The molecule has 2 unspecified atom stereocenters. The van der Waals surface area contributed by atoms with Crippen LogP contribution in [0.1, 0.15) is 394 Å². The van der Waals surface area contributed by atoms with Crippen LogP contribution in [0.4, 0.5) is 0 Å². The molecule has 0 saturated heterocycles. The maximum Gasteiger partial charge on any atom is 0.472 e. The van der Waals surface area contributed by atoms with Crippen LogP contribution in [0.25, 0.3) is 0 Å². The summed E-state index contributed by atoms with van der Waals surface area (Å²) in [5.41, 5.74) is 0. The number of aliphatic hydroxyl groups excluding tert-OH is 1.